The Labute approximate surface area is 173 Å². The number of likely N-dealkylation sites (N-methyl/N-ethyl adjacent to an activating group) is 1. The van der Waals surface area contributed by atoms with Crippen molar-refractivity contribution in [1.82, 2.24) is 0 Å². The lowest BCUT2D eigenvalue weighted by Crippen LogP contribution is -2.59. The van der Waals surface area contributed by atoms with Crippen LogP contribution in [0.4, 0.5) is 0 Å². The van der Waals surface area contributed by atoms with Gasteiger partial charge in [-0.15, -0.1) is 0 Å². The van der Waals surface area contributed by atoms with Gasteiger partial charge in [0, 0.05) is 0 Å². The van der Waals surface area contributed by atoms with Gasteiger partial charge in [-0.3, -0.25) is 4.79 Å². The third kappa shape index (κ3) is 13.1. The van der Waals surface area contributed by atoms with E-state index in [1.54, 1.807) is 21.1 Å². The molecular weight excluding hydrogens is 354 g/mol. The molecule has 0 spiro atoms. The first kappa shape index (κ1) is 26.9. The maximum Gasteiger partial charge on any atom is 0.312 e. The third-order valence-corrected chi connectivity index (χ3v) is 5.64. The molecule has 5 heteroatoms. The third-order valence-electron chi connectivity index (χ3n) is 5.64. The summed E-state index contributed by atoms with van der Waals surface area (Å²) in [4.78, 5) is 23.0. The Kier molecular flexibility index (Phi) is 15.2. The number of carboxylic acid groups (broad SMARTS) is 2. The minimum absolute atomic E-state index is 0.0674. The first-order valence-corrected chi connectivity index (χ1v) is 11.5. The standard InChI is InChI=1S/C23H45NO4/c1-5-6-7-8-9-10-11-12-13-14-15-16-17-18-19-20(22(25)26)21(23(27)28)24(2,3)4/h20-21H,5-19H2,1-4H3,(H-,25,26,27,28). The number of hydrogen-bond donors (Lipinski definition) is 1. The lowest BCUT2D eigenvalue weighted by molar-refractivity contribution is -0.892. The smallest absolute Gasteiger partial charge is 0.312 e. The molecule has 0 aliphatic heterocycles. The highest BCUT2D eigenvalue weighted by atomic mass is 16.4. The molecule has 0 radical (unpaired) electrons. The number of quaternary nitrogens is 1. The largest absolute Gasteiger partial charge is 0.544 e. The molecule has 0 bridgehead atoms. The highest BCUT2D eigenvalue weighted by molar-refractivity contribution is 5.80. The van der Waals surface area contributed by atoms with E-state index >= 15 is 0 Å². The number of aliphatic carboxylic acids is 2. The van der Waals surface area contributed by atoms with Crippen molar-refractivity contribution in [1.29, 1.82) is 0 Å². The maximum atomic E-state index is 11.6. The summed E-state index contributed by atoms with van der Waals surface area (Å²) >= 11 is 0. The summed E-state index contributed by atoms with van der Waals surface area (Å²) < 4.78 is 0.0674. The van der Waals surface area contributed by atoms with Crippen molar-refractivity contribution in [2.45, 2.75) is 109 Å². The molecule has 0 aromatic carbocycles. The summed E-state index contributed by atoms with van der Waals surface area (Å²) in [7, 11) is 5.13. The zero-order valence-electron chi connectivity index (χ0n) is 18.9. The molecule has 0 fully saturated rings. The molecular formula is C23H45NO4. The van der Waals surface area contributed by atoms with Crippen molar-refractivity contribution >= 4 is 11.9 Å². The second-order valence-corrected chi connectivity index (χ2v) is 9.21. The van der Waals surface area contributed by atoms with Gasteiger partial charge >= 0.3 is 5.97 Å². The summed E-state index contributed by atoms with van der Waals surface area (Å²) in [5.41, 5.74) is 0. The van der Waals surface area contributed by atoms with Crippen LogP contribution < -0.4 is 5.11 Å². The molecule has 0 rings (SSSR count). The molecule has 0 aromatic rings. The molecule has 0 aliphatic carbocycles. The van der Waals surface area contributed by atoms with Gasteiger partial charge in [0.25, 0.3) is 0 Å². The summed E-state index contributed by atoms with van der Waals surface area (Å²) in [5, 5.41) is 20.9. The second-order valence-electron chi connectivity index (χ2n) is 9.21. The van der Waals surface area contributed by atoms with Crippen molar-refractivity contribution < 1.29 is 24.3 Å². The van der Waals surface area contributed by atoms with E-state index in [0.29, 0.717) is 6.42 Å². The number of unbranched alkanes of at least 4 members (excludes halogenated alkanes) is 13. The summed E-state index contributed by atoms with van der Waals surface area (Å²) in [6, 6.07) is -1.01. The first-order valence-electron chi connectivity index (χ1n) is 11.5. The zero-order chi connectivity index (χ0) is 21.4. The number of rotatable bonds is 19. The lowest BCUT2D eigenvalue weighted by atomic mass is 9.91. The fraction of sp³-hybridized carbons (Fsp3) is 0.913. The molecule has 0 heterocycles. The Bertz CT molecular complexity index is 417. The molecule has 28 heavy (non-hydrogen) atoms. The van der Waals surface area contributed by atoms with Gasteiger partial charge in [-0.05, 0) is 6.42 Å². The van der Waals surface area contributed by atoms with Gasteiger partial charge in [-0.1, -0.05) is 96.8 Å². The van der Waals surface area contributed by atoms with Crippen LogP contribution >= 0.6 is 0 Å². The molecule has 166 valence electrons. The van der Waals surface area contributed by atoms with Gasteiger partial charge in [-0.2, -0.15) is 0 Å². The second kappa shape index (κ2) is 15.8. The van der Waals surface area contributed by atoms with Crippen molar-refractivity contribution in [3.05, 3.63) is 0 Å². The molecule has 1 N–H and O–H groups in total. The Morgan fingerprint density at radius 3 is 1.39 bits per heavy atom. The predicted molar refractivity (Wildman–Crippen MR) is 113 cm³/mol. The monoisotopic (exact) mass is 399 g/mol. The molecule has 0 saturated carbocycles. The molecule has 2 atom stereocenters. The zero-order valence-corrected chi connectivity index (χ0v) is 18.9. The predicted octanol–water partition coefficient (Wildman–Crippen LogP) is 4.38. The van der Waals surface area contributed by atoms with Gasteiger partial charge in [0.15, 0.2) is 0 Å². The molecule has 2 unspecified atom stereocenters. The van der Waals surface area contributed by atoms with E-state index in [2.05, 4.69) is 6.92 Å². The van der Waals surface area contributed by atoms with Gasteiger partial charge in [-0.25, -0.2) is 0 Å². The molecule has 0 aliphatic rings. The highest BCUT2D eigenvalue weighted by Gasteiger charge is 2.38. The summed E-state index contributed by atoms with van der Waals surface area (Å²) in [6.07, 6.45) is 17.8. The van der Waals surface area contributed by atoms with E-state index in [1.807, 2.05) is 0 Å². The van der Waals surface area contributed by atoms with Crippen LogP contribution in [0.3, 0.4) is 0 Å². The van der Waals surface area contributed by atoms with Crippen LogP contribution in [-0.4, -0.2) is 48.7 Å². The van der Waals surface area contributed by atoms with Crippen LogP contribution in [0.15, 0.2) is 0 Å². The van der Waals surface area contributed by atoms with Crippen LogP contribution in [0, 0.1) is 5.92 Å². The summed E-state index contributed by atoms with van der Waals surface area (Å²) in [6.45, 7) is 2.25. The van der Waals surface area contributed by atoms with Gasteiger partial charge in [0.05, 0.1) is 21.1 Å². The number of carboxylic acids is 2. The van der Waals surface area contributed by atoms with Gasteiger partial charge in [0.2, 0.25) is 0 Å². The van der Waals surface area contributed by atoms with Crippen molar-refractivity contribution in [3.63, 3.8) is 0 Å². The van der Waals surface area contributed by atoms with Crippen LogP contribution in [0.5, 0.6) is 0 Å². The van der Waals surface area contributed by atoms with Crippen molar-refractivity contribution in [3.8, 4) is 0 Å². The van der Waals surface area contributed by atoms with Crippen molar-refractivity contribution in [2.24, 2.45) is 5.92 Å². The van der Waals surface area contributed by atoms with Gasteiger partial charge < -0.3 is 19.5 Å². The first-order chi connectivity index (χ1) is 13.2. The minimum Gasteiger partial charge on any atom is -0.544 e. The van der Waals surface area contributed by atoms with E-state index in [1.165, 1.54) is 70.6 Å². The Morgan fingerprint density at radius 1 is 0.750 bits per heavy atom. The quantitative estimate of drug-likeness (QED) is 0.258. The van der Waals surface area contributed by atoms with E-state index in [0.717, 1.165) is 19.3 Å². The molecule has 0 amide bonds. The van der Waals surface area contributed by atoms with E-state index in [-0.39, 0.29) is 4.48 Å². The number of nitrogens with zero attached hydrogens (tertiary/aromatic N) is 1. The SMILES string of the molecule is CCCCCCCCCCCCCCCCC(C(=O)O)C(C(=O)[O-])[N+](C)(C)C. The van der Waals surface area contributed by atoms with E-state index in [9.17, 15) is 19.8 Å². The molecule has 0 aromatic heterocycles. The fourth-order valence-corrected chi connectivity index (χ4v) is 4.00. The normalized spacial score (nSPS) is 14.0. The Balaban J connectivity index is 3.79. The minimum atomic E-state index is -1.27. The highest BCUT2D eigenvalue weighted by Crippen LogP contribution is 2.22. The van der Waals surface area contributed by atoms with Crippen LogP contribution in [-0.2, 0) is 9.59 Å². The average molecular weight is 400 g/mol. The average Bonchev–Trinajstić information content (AvgIpc) is 2.59. The van der Waals surface area contributed by atoms with Crippen LogP contribution in [0.1, 0.15) is 103 Å². The Morgan fingerprint density at radius 2 is 1.11 bits per heavy atom. The maximum absolute atomic E-state index is 11.6. The van der Waals surface area contributed by atoms with E-state index in [4.69, 9.17) is 0 Å². The Hall–Kier alpha value is -1.10. The van der Waals surface area contributed by atoms with Gasteiger partial charge in [0.1, 0.15) is 17.9 Å². The van der Waals surface area contributed by atoms with Crippen LogP contribution in [0.25, 0.3) is 0 Å². The topological polar surface area (TPSA) is 77.4 Å². The van der Waals surface area contributed by atoms with Crippen molar-refractivity contribution in [2.75, 3.05) is 21.1 Å². The summed E-state index contributed by atoms with van der Waals surface area (Å²) in [5.74, 6) is -3.19. The molecule has 0 saturated heterocycles. The number of carbonyl (C=O) groups excluding carboxylic acids is 1. The molecule has 5 nitrogen and oxygen atoms in total. The number of hydrogen-bond acceptors (Lipinski definition) is 3. The fourth-order valence-electron chi connectivity index (χ4n) is 4.00. The number of carbonyl (C=O) groups is 2. The van der Waals surface area contributed by atoms with Crippen LogP contribution in [0.2, 0.25) is 0 Å². The lowest BCUT2D eigenvalue weighted by Gasteiger charge is -2.38. The van der Waals surface area contributed by atoms with E-state index < -0.39 is 23.9 Å².